The van der Waals surface area contributed by atoms with Crippen molar-refractivity contribution in [3.05, 3.63) is 16.4 Å². The van der Waals surface area contributed by atoms with Crippen LogP contribution in [0.3, 0.4) is 0 Å². The molecule has 1 aliphatic heterocycles. The predicted octanol–water partition coefficient (Wildman–Crippen LogP) is 1.90. The van der Waals surface area contributed by atoms with E-state index in [1.165, 1.54) is 0 Å². The van der Waals surface area contributed by atoms with Crippen LogP contribution in [0.5, 0.6) is 0 Å². The van der Waals surface area contributed by atoms with E-state index < -0.39 is 0 Å². The Labute approximate surface area is 115 Å². The lowest BCUT2D eigenvalue weighted by molar-refractivity contribution is 0.0752. The van der Waals surface area contributed by atoms with Gasteiger partial charge in [0.15, 0.2) is 5.78 Å². The van der Waals surface area contributed by atoms with Gasteiger partial charge in [0.05, 0.1) is 35.8 Å². The van der Waals surface area contributed by atoms with Gasteiger partial charge in [-0.25, -0.2) is 0 Å². The number of hydrogen-bond donors (Lipinski definition) is 0. The maximum Gasteiger partial charge on any atom is 0.187 e. The molecule has 0 bridgehead atoms. The van der Waals surface area contributed by atoms with Crippen molar-refractivity contribution in [2.45, 2.75) is 26.0 Å². The highest BCUT2D eigenvalue weighted by Crippen LogP contribution is 2.27. The van der Waals surface area contributed by atoms with Gasteiger partial charge in [-0.15, -0.1) is 0 Å². The van der Waals surface area contributed by atoms with Gasteiger partial charge in [0, 0.05) is 13.7 Å². The normalized spacial score (nSPS) is 23.5. The fourth-order valence-corrected chi connectivity index (χ4v) is 2.70. The maximum atomic E-state index is 12.5. The van der Waals surface area contributed by atoms with Crippen LogP contribution >= 0.6 is 15.9 Å². The van der Waals surface area contributed by atoms with E-state index in [2.05, 4.69) is 21.0 Å². The molecule has 2 rings (SSSR count). The fraction of sp³-hybridized carbons (Fsp3) is 0.667. The second kappa shape index (κ2) is 5.95. The molecule has 1 aromatic rings. The SMILES string of the molecule is COCCn1ncc(Br)c1C(=O)C1CCOC1C. The number of methoxy groups -OCH3 is 1. The molecule has 18 heavy (non-hydrogen) atoms. The fourth-order valence-electron chi connectivity index (χ4n) is 2.21. The molecule has 1 fully saturated rings. The lowest BCUT2D eigenvalue weighted by Gasteiger charge is -2.14. The zero-order valence-corrected chi connectivity index (χ0v) is 12.1. The minimum Gasteiger partial charge on any atom is -0.383 e. The standard InChI is InChI=1S/C12H17BrN2O3/c1-8-9(3-5-18-8)12(16)11-10(13)7-14-15(11)4-6-17-2/h7-9H,3-6H2,1-2H3. The average molecular weight is 317 g/mol. The van der Waals surface area contributed by atoms with Crippen LogP contribution in [0.25, 0.3) is 0 Å². The van der Waals surface area contributed by atoms with E-state index in [1.54, 1.807) is 18.0 Å². The lowest BCUT2D eigenvalue weighted by Crippen LogP contribution is -2.25. The minimum atomic E-state index is -0.0701. The van der Waals surface area contributed by atoms with Crippen LogP contribution in [0.4, 0.5) is 0 Å². The molecule has 0 aliphatic carbocycles. The molecule has 2 heterocycles. The molecule has 0 saturated carbocycles. The van der Waals surface area contributed by atoms with Crippen molar-refractivity contribution in [2.75, 3.05) is 20.3 Å². The van der Waals surface area contributed by atoms with Crippen molar-refractivity contribution in [3.63, 3.8) is 0 Å². The van der Waals surface area contributed by atoms with E-state index >= 15 is 0 Å². The van der Waals surface area contributed by atoms with Crippen molar-refractivity contribution in [2.24, 2.45) is 5.92 Å². The largest absolute Gasteiger partial charge is 0.383 e. The van der Waals surface area contributed by atoms with Crippen LogP contribution in [0.2, 0.25) is 0 Å². The number of nitrogens with zero attached hydrogens (tertiary/aromatic N) is 2. The van der Waals surface area contributed by atoms with Gasteiger partial charge >= 0.3 is 0 Å². The Kier molecular flexibility index (Phi) is 4.53. The summed E-state index contributed by atoms with van der Waals surface area (Å²) in [5.41, 5.74) is 0.620. The summed E-state index contributed by atoms with van der Waals surface area (Å²) in [5.74, 6) is 0.0276. The van der Waals surface area contributed by atoms with E-state index in [9.17, 15) is 4.79 Å². The molecule has 0 radical (unpaired) electrons. The first-order valence-corrected chi connectivity index (χ1v) is 6.80. The second-order valence-corrected chi connectivity index (χ2v) is 5.25. The van der Waals surface area contributed by atoms with Gasteiger partial charge in [-0.1, -0.05) is 0 Å². The molecule has 5 nitrogen and oxygen atoms in total. The van der Waals surface area contributed by atoms with Gasteiger partial charge in [-0.3, -0.25) is 9.48 Å². The first-order chi connectivity index (χ1) is 8.65. The number of Topliss-reactive ketones (excluding diaryl/α,β-unsaturated/α-hetero) is 1. The van der Waals surface area contributed by atoms with Crippen molar-refractivity contribution in [3.8, 4) is 0 Å². The summed E-state index contributed by atoms with van der Waals surface area (Å²) in [6.45, 7) is 3.71. The number of carbonyl (C=O) groups excluding carboxylic acids is 1. The lowest BCUT2D eigenvalue weighted by atomic mass is 9.95. The second-order valence-electron chi connectivity index (χ2n) is 4.39. The molecule has 2 unspecified atom stereocenters. The molecular weight excluding hydrogens is 300 g/mol. The summed E-state index contributed by atoms with van der Waals surface area (Å²) < 4.78 is 12.9. The van der Waals surface area contributed by atoms with Gasteiger partial charge in [-0.2, -0.15) is 5.10 Å². The van der Waals surface area contributed by atoms with E-state index in [-0.39, 0.29) is 17.8 Å². The highest BCUT2D eigenvalue weighted by atomic mass is 79.9. The minimum absolute atomic E-state index is 0.0184. The van der Waals surface area contributed by atoms with Crippen molar-refractivity contribution in [1.29, 1.82) is 0 Å². The van der Waals surface area contributed by atoms with Gasteiger partial charge in [0.2, 0.25) is 0 Å². The van der Waals surface area contributed by atoms with Gasteiger partial charge in [-0.05, 0) is 29.3 Å². The van der Waals surface area contributed by atoms with Gasteiger partial charge in [0.25, 0.3) is 0 Å². The van der Waals surface area contributed by atoms with E-state index in [0.29, 0.717) is 25.5 Å². The third kappa shape index (κ3) is 2.65. The number of aromatic nitrogens is 2. The Balaban J connectivity index is 2.20. The molecule has 100 valence electrons. The quantitative estimate of drug-likeness (QED) is 0.779. The zero-order chi connectivity index (χ0) is 13.1. The first-order valence-electron chi connectivity index (χ1n) is 6.01. The summed E-state index contributed by atoms with van der Waals surface area (Å²) in [6, 6.07) is 0. The van der Waals surface area contributed by atoms with Crippen LogP contribution in [0.15, 0.2) is 10.7 Å². The number of halogens is 1. The third-order valence-electron chi connectivity index (χ3n) is 3.25. The Morgan fingerprint density at radius 3 is 3.11 bits per heavy atom. The molecule has 0 amide bonds. The number of ketones is 1. The Hall–Kier alpha value is -0.720. The van der Waals surface area contributed by atoms with Crippen LogP contribution in [-0.4, -0.2) is 42.0 Å². The van der Waals surface area contributed by atoms with Gasteiger partial charge < -0.3 is 9.47 Å². The Bertz CT molecular complexity index is 433. The van der Waals surface area contributed by atoms with E-state index in [0.717, 1.165) is 10.9 Å². The van der Waals surface area contributed by atoms with Crippen LogP contribution in [0, 0.1) is 5.92 Å². The Morgan fingerprint density at radius 1 is 1.72 bits per heavy atom. The number of hydrogen-bond acceptors (Lipinski definition) is 4. The topological polar surface area (TPSA) is 53.4 Å². The van der Waals surface area contributed by atoms with Crippen molar-refractivity contribution in [1.82, 2.24) is 9.78 Å². The van der Waals surface area contributed by atoms with E-state index in [1.807, 2.05) is 6.92 Å². The summed E-state index contributed by atoms with van der Waals surface area (Å²) in [4.78, 5) is 12.5. The summed E-state index contributed by atoms with van der Waals surface area (Å²) in [5, 5.41) is 4.20. The average Bonchev–Trinajstić information content (AvgIpc) is 2.92. The van der Waals surface area contributed by atoms with Crippen molar-refractivity contribution < 1.29 is 14.3 Å². The molecule has 0 spiro atoms. The predicted molar refractivity (Wildman–Crippen MR) is 69.7 cm³/mol. The highest BCUT2D eigenvalue weighted by molar-refractivity contribution is 9.10. The molecule has 2 atom stereocenters. The molecule has 0 aromatic carbocycles. The maximum absolute atomic E-state index is 12.5. The smallest absolute Gasteiger partial charge is 0.187 e. The highest BCUT2D eigenvalue weighted by Gasteiger charge is 2.34. The molecular formula is C12H17BrN2O3. The molecule has 0 N–H and O–H groups in total. The third-order valence-corrected chi connectivity index (χ3v) is 3.83. The monoisotopic (exact) mass is 316 g/mol. The number of carbonyl (C=O) groups is 1. The van der Waals surface area contributed by atoms with Crippen molar-refractivity contribution >= 4 is 21.7 Å². The van der Waals surface area contributed by atoms with Gasteiger partial charge in [0.1, 0.15) is 5.69 Å². The zero-order valence-electron chi connectivity index (χ0n) is 10.6. The molecule has 1 saturated heterocycles. The first kappa shape index (κ1) is 13.7. The molecule has 6 heteroatoms. The molecule has 1 aliphatic rings. The van der Waals surface area contributed by atoms with Crippen LogP contribution in [-0.2, 0) is 16.0 Å². The summed E-state index contributed by atoms with van der Waals surface area (Å²) >= 11 is 3.39. The molecule has 1 aromatic heterocycles. The van der Waals surface area contributed by atoms with E-state index in [4.69, 9.17) is 9.47 Å². The number of rotatable bonds is 5. The Morgan fingerprint density at radius 2 is 2.50 bits per heavy atom. The summed E-state index contributed by atoms with van der Waals surface area (Å²) in [6.07, 6.45) is 2.42. The van der Waals surface area contributed by atoms with Crippen LogP contribution in [0.1, 0.15) is 23.8 Å². The number of ether oxygens (including phenoxy) is 2. The summed E-state index contributed by atoms with van der Waals surface area (Å²) in [7, 11) is 1.63. The van der Waals surface area contributed by atoms with Crippen LogP contribution < -0.4 is 0 Å².